The Labute approximate surface area is 160 Å². The number of unbranched alkanes of at least 4 members (excludes halogenated alkanes) is 2. The maximum absolute atomic E-state index is 12.8. The van der Waals surface area contributed by atoms with Crippen LogP contribution in [0.1, 0.15) is 58.6 Å². The molecule has 0 aliphatic heterocycles. The van der Waals surface area contributed by atoms with E-state index in [2.05, 4.69) is 32.7 Å². The van der Waals surface area contributed by atoms with Gasteiger partial charge in [0.05, 0.1) is 17.5 Å². The van der Waals surface area contributed by atoms with Crippen molar-refractivity contribution < 1.29 is 18.5 Å². The van der Waals surface area contributed by atoms with Crippen LogP contribution in [0.5, 0.6) is 0 Å². The lowest BCUT2D eigenvalue weighted by molar-refractivity contribution is 0.0944. The third-order valence-corrected chi connectivity index (χ3v) is 4.20. The molecule has 4 N–H and O–H groups in total. The SMILES string of the molecule is CCCCCNc1ncnc2oc(C)c(C(=O)NCc3cc(C(N)=O)on3)c12. The number of anilines is 1. The molecule has 148 valence electrons. The zero-order chi connectivity index (χ0) is 20.1. The third-order valence-electron chi connectivity index (χ3n) is 4.20. The van der Waals surface area contributed by atoms with Crippen LogP contribution in [0.15, 0.2) is 21.3 Å². The minimum Gasteiger partial charge on any atom is -0.442 e. The first-order chi connectivity index (χ1) is 13.5. The molecule has 10 heteroatoms. The predicted molar refractivity (Wildman–Crippen MR) is 101 cm³/mol. The Kier molecular flexibility index (Phi) is 5.87. The molecule has 10 nitrogen and oxygen atoms in total. The standard InChI is InChI=1S/C18H22N6O4/c1-3-4-5-6-20-16-14-13(10(2)27-18(14)23-9-22-16)17(26)21-8-11-7-12(15(19)25)28-24-11/h7,9H,3-6,8H2,1-2H3,(H2,19,25)(H,21,26)(H,20,22,23). The van der Waals surface area contributed by atoms with E-state index in [0.29, 0.717) is 33.9 Å². The number of aryl methyl sites for hydroxylation is 1. The van der Waals surface area contributed by atoms with Gasteiger partial charge in [0.15, 0.2) is 0 Å². The van der Waals surface area contributed by atoms with Crippen LogP contribution in [0.2, 0.25) is 0 Å². The fraction of sp³-hybridized carbons (Fsp3) is 0.389. The molecule has 0 saturated carbocycles. The van der Waals surface area contributed by atoms with Crippen molar-refractivity contribution in [1.29, 1.82) is 0 Å². The highest BCUT2D eigenvalue weighted by Crippen LogP contribution is 2.29. The number of carbonyl (C=O) groups excluding carboxylic acids is 2. The molecule has 0 radical (unpaired) electrons. The first-order valence-electron chi connectivity index (χ1n) is 9.02. The van der Waals surface area contributed by atoms with Crippen molar-refractivity contribution in [2.75, 3.05) is 11.9 Å². The molecular formula is C18H22N6O4. The van der Waals surface area contributed by atoms with E-state index in [4.69, 9.17) is 14.7 Å². The van der Waals surface area contributed by atoms with Gasteiger partial charge >= 0.3 is 0 Å². The van der Waals surface area contributed by atoms with Gasteiger partial charge < -0.3 is 25.3 Å². The number of rotatable bonds is 9. The highest BCUT2D eigenvalue weighted by molar-refractivity contribution is 6.10. The van der Waals surface area contributed by atoms with E-state index in [9.17, 15) is 9.59 Å². The summed E-state index contributed by atoms with van der Waals surface area (Å²) in [7, 11) is 0. The summed E-state index contributed by atoms with van der Waals surface area (Å²) in [5.41, 5.74) is 6.20. The molecule has 3 aromatic heterocycles. The molecule has 2 amide bonds. The Bertz CT molecular complexity index is 993. The van der Waals surface area contributed by atoms with Gasteiger partial charge in [-0.2, -0.15) is 0 Å². The van der Waals surface area contributed by atoms with Crippen LogP contribution in [0.3, 0.4) is 0 Å². The van der Waals surface area contributed by atoms with Crippen LogP contribution < -0.4 is 16.4 Å². The van der Waals surface area contributed by atoms with Crippen molar-refractivity contribution in [3.05, 3.63) is 35.2 Å². The second-order valence-corrected chi connectivity index (χ2v) is 6.30. The molecule has 0 saturated heterocycles. The Hall–Kier alpha value is -3.43. The number of nitrogens with two attached hydrogens (primary N) is 1. The summed E-state index contributed by atoms with van der Waals surface area (Å²) in [5.74, 6) is -0.173. The van der Waals surface area contributed by atoms with Gasteiger partial charge in [-0.15, -0.1) is 0 Å². The van der Waals surface area contributed by atoms with Crippen molar-refractivity contribution in [3.8, 4) is 0 Å². The summed E-state index contributed by atoms with van der Waals surface area (Å²) in [6.07, 6.45) is 4.60. The lowest BCUT2D eigenvalue weighted by Crippen LogP contribution is -2.23. The van der Waals surface area contributed by atoms with Crippen LogP contribution in [0, 0.1) is 6.92 Å². The quantitative estimate of drug-likeness (QED) is 0.474. The molecular weight excluding hydrogens is 364 g/mol. The Morgan fingerprint density at radius 3 is 2.79 bits per heavy atom. The number of carbonyl (C=O) groups is 2. The molecule has 0 aromatic carbocycles. The molecule has 3 aromatic rings. The highest BCUT2D eigenvalue weighted by atomic mass is 16.5. The van der Waals surface area contributed by atoms with E-state index in [1.807, 2.05) is 0 Å². The zero-order valence-corrected chi connectivity index (χ0v) is 15.7. The smallest absolute Gasteiger partial charge is 0.287 e. The number of aromatic nitrogens is 3. The summed E-state index contributed by atoms with van der Waals surface area (Å²) in [4.78, 5) is 32.2. The van der Waals surface area contributed by atoms with Crippen LogP contribution in [-0.4, -0.2) is 33.5 Å². The maximum Gasteiger partial charge on any atom is 0.287 e. The summed E-state index contributed by atoms with van der Waals surface area (Å²) >= 11 is 0. The van der Waals surface area contributed by atoms with Crippen LogP contribution in [-0.2, 0) is 6.54 Å². The number of primary amides is 1. The largest absolute Gasteiger partial charge is 0.442 e. The second kappa shape index (κ2) is 8.51. The molecule has 0 fully saturated rings. The van der Waals surface area contributed by atoms with Crippen molar-refractivity contribution in [3.63, 3.8) is 0 Å². The minimum atomic E-state index is -0.724. The van der Waals surface area contributed by atoms with E-state index >= 15 is 0 Å². The normalized spacial score (nSPS) is 10.9. The Morgan fingerprint density at radius 1 is 1.25 bits per heavy atom. The average molecular weight is 386 g/mol. The van der Waals surface area contributed by atoms with E-state index in [1.54, 1.807) is 6.92 Å². The molecule has 0 atom stereocenters. The lowest BCUT2D eigenvalue weighted by Gasteiger charge is -2.07. The fourth-order valence-corrected chi connectivity index (χ4v) is 2.80. The molecule has 0 aliphatic rings. The van der Waals surface area contributed by atoms with Gasteiger partial charge in [-0.05, 0) is 13.3 Å². The molecule has 28 heavy (non-hydrogen) atoms. The van der Waals surface area contributed by atoms with Crippen molar-refractivity contribution >= 4 is 28.7 Å². The summed E-state index contributed by atoms with van der Waals surface area (Å²) in [6, 6.07) is 1.38. The number of amides is 2. The molecule has 0 spiro atoms. The van der Waals surface area contributed by atoms with Gasteiger partial charge in [0.25, 0.3) is 11.8 Å². The zero-order valence-electron chi connectivity index (χ0n) is 15.7. The third kappa shape index (κ3) is 4.11. The van der Waals surface area contributed by atoms with E-state index in [1.165, 1.54) is 12.4 Å². The fourth-order valence-electron chi connectivity index (χ4n) is 2.80. The number of hydrogen-bond donors (Lipinski definition) is 3. The summed E-state index contributed by atoms with van der Waals surface area (Å²) in [6.45, 7) is 4.62. The molecule has 0 aliphatic carbocycles. The van der Waals surface area contributed by atoms with E-state index in [-0.39, 0.29) is 18.2 Å². The number of fused-ring (bicyclic) bond motifs is 1. The van der Waals surface area contributed by atoms with E-state index in [0.717, 1.165) is 25.8 Å². The van der Waals surface area contributed by atoms with Gasteiger partial charge in [-0.25, -0.2) is 9.97 Å². The number of furan rings is 1. The van der Waals surface area contributed by atoms with Gasteiger partial charge in [0, 0.05) is 12.6 Å². The predicted octanol–water partition coefficient (Wildman–Crippen LogP) is 2.15. The van der Waals surface area contributed by atoms with Gasteiger partial charge in [0.2, 0.25) is 11.5 Å². The molecule has 0 unspecified atom stereocenters. The number of hydrogen-bond acceptors (Lipinski definition) is 8. The van der Waals surface area contributed by atoms with Crippen LogP contribution in [0.25, 0.3) is 11.1 Å². The van der Waals surface area contributed by atoms with Gasteiger partial charge in [0.1, 0.15) is 23.6 Å². The first kappa shape index (κ1) is 19.3. The van der Waals surface area contributed by atoms with Gasteiger partial charge in [-0.3, -0.25) is 9.59 Å². The highest BCUT2D eigenvalue weighted by Gasteiger charge is 2.23. The van der Waals surface area contributed by atoms with E-state index < -0.39 is 5.91 Å². The average Bonchev–Trinajstić information content (AvgIpc) is 3.27. The maximum atomic E-state index is 12.8. The molecule has 0 bridgehead atoms. The molecule has 3 rings (SSSR count). The monoisotopic (exact) mass is 386 g/mol. The molecule has 3 heterocycles. The topological polar surface area (TPSA) is 149 Å². The van der Waals surface area contributed by atoms with Crippen molar-refractivity contribution in [1.82, 2.24) is 20.4 Å². The van der Waals surface area contributed by atoms with Gasteiger partial charge in [-0.1, -0.05) is 24.9 Å². The first-order valence-corrected chi connectivity index (χ1v) is 9.02. The Morgan fingerprint density at radius 2 is 2.07 bits per heavy atom. The Balaban J connectivity index is 1.79. The van der Waals surface area contributed by atoms with Crippen molar-refractivity contribution in [2.24, 2.45) is 5.73 Å². The second-order valence-electron chi connectivity index (χ2n) is 6.30. The summed E-state index contributed by atoms with van der Waals surface area (Å²) in [5, 5.41) is 10.2. The summed E-state index contributed by atoms with van der Waals surface area (Å²) < 4.78 is 10.4. The number of nitrogens with zero attached hydrogens (tertiary/aromatic N) is 3. The van der Waals surface area contributed by atoms with Crippen LogP contribution >= 0.6 is 0 Å². The van der Waals surface area contributed by atoms with Crippen LogP contribution in [0.4, 0.5) is 5.82 Å². The van der Waals surface area contributed by atoms with Crippen molar-refractivity contribution in [2.45, 2.75) is 39.7 Å². The lowest BCUT2D eigenvalue weighted by atomic mass is 10.1. The number of nitrogens with one attached hydrogen (secondary N) is 2. The minimum absolute atomic E-state index is 0.0642.